The van der Waals surface area contributed by atoms with Crippen LogP contribution in [0.3, 0.4) is 0 Å². The van der Waals surface area contributed by atoms with Gasteiger partial charge in [-0.1, -0.05) is 31.5 Å². The third-order valence-corrected chi connectivity index (χ3v) is 4.58. The first kappa shape index (κ1) is 19.1. The van der Waals surface area contributed by atoms with Crippen molar-refractivity contribution in [1.82, 2.24) is 14.9 Å². The Balaban J connectivity index is 1.66. The lowest BCUT2D eigenvalue weighted by molar-refractivity contribution is -0.132. The molecule has 0 saturated carbocycles. The molecular weight excluding hydrogens is 340 g/mol. The number of anilines is 1. The first-order valence-electron chi connectivity index (χ1n) is 9.53. The number of carbonyl (C=O) groups excluding carboxylic acids is 1. The Morgan fingerprint density at radius 2 is 1.74 bits per heavy atom. The zero-order valence-corrected chi connectivity index (χ0v) is 16.6. The first-order chi connectivity index (χ1) is 12.9. The second-order valence-electron chi connectivity index (χ2n) is 7.49. The maximum Gasteiger partial charge on any atom is 0.224 e. The predicted molar refractivity (Wildman–Crippen MR) is 106 cm³/mol. The zero-order chi connectivity index (χ0) is 19.4. The highest BCUT2D eigenvalue weighted by Gasteiger charge is 2.23. The van der Waals surface area contributed by atoms with Gasteiger partial charge >= 0.3 is 0 Å². The van der Waals surface area contributed by atoms with Gasteiger partial charge in [0.15, 0.2) is 0 Å². The molecule has 1 aliphatic heterocycles. The maximum absolute atomic E-state index is 12.2. The number of hydrogen-bond donors (Lipinski definition) is 0. The first-order valence-corrected chi connectivity index (χ1v) is 9.53. The summed E-state index contributed by atoms with van der Waals surface area (Å²) in [5.41, 5.74) is 1.19. The Morgan fingerprint density at radius 3 is 2.37 bits per heavy atom. The molecule has 0 aliphatic carbocycles. The molecule has 1 aromatic carbocycles. The van der Waals surface area contributed by atoms with Gasteiger partial charge in [0.05, 0.1) is 0 Å². The van der Waals surface area contributed by atoms with Crippen LogP contribution in [-0.4, -0.2) is 47.0 Å². The number of piperazine rings is 1. The van der Waals surface area contributed by atoms with Gasteiger partial charge in [-0.3, -0.25) is 4.79 Å². The molecule has 6 heteroatoms. The van der Waals surface area contributed by atoms with Crippen LogP contribution in [0.2, 0.25) is 0 Å². The average molecular weight is 368 g/mol. The third kappa shape index (κ3) is 5.18. The van der Waals surface area contributed by atoms with Crippen LogP contribution in [0.25, 0.3) is 0 Å². The molecule has 1 saturated heterocycles. The molecule has 1 amide bonds. The Kier molecular flexibility index (Phi) is 5.94. The maximum atomic E-state index is 12.2. The molecule has 0 N–H and O–H groups in total. The highest BCUT2D eigenvalue weighted by molar-refractivity contribution is 5.76. The summed E-state index contributed by atoms with van der Waals surface area (Å²) < 4.78 is 5.91. The fourth-order valence-corrected chi connectivity index (χ4v) is 3.13. The van der Waals surface area contributed by atoms with Gasteiger partial charge in [0.1, 0.15) is 17.4 Å². The van der Waals surface area contributed by atoms with E-state index in [2.05, 4.69) is 28.7 Å². The van der Waals surface area contributed by atoms with Crippen LogP contribution in [0.4, 0.5) is 5.82 Å². The molecule has 2 heterocycles. The summed E-state index contributed by atoms with van der Waals surface area (Å²) in [4.78, 5) is 25.4. The van der Waals surface area contributed by atoms with Crippen LogP contribution in [0, 0.1) is 19.8 Å². The molecule has 6 nitrogen and oxygen atoms in total. The normalized spacial score (nSPS) is 14.6. The van der Waals surface area contributed by atoms with E-state index < -0.39 is 0 Å². The van der Waals surface area contributed by atoms with E-state index in [4.69, 9.17) is 4.74 Å². The van der Waals surface area contributed by atoms with Gasteiger partial charge in [0, 0.05) is 38.7 Å². The highest BCUT2D eigenvalue weighted by Crippen LogP contribution is 2.24. The minimum atomic E-state index is 0.243. The molecule has 0 atom stereocenters. The van der Waals surface area contributed by atoms with E-state index in [-0.39, 0.29) is 5.91 Å². The van der Waals surface area contributed by atoms with E-state index >= 15 is 0 Å². The van der Waals surface area contributed by atoms with Crippen molar-refractivity contribution in [3.63, 3.8) is 0 Å². The van der Waals surface area contributed by atoms with Crippen LogP contribution < -0.4 is 9.64 Å². The molecule has 3 rings (SSSR count). The van der Waals surface area contributed by atoms with Crippen molar-refractivity contribution in [2.24, 2.45) is 5.92 Å². The largest absolute Gasteiger partial charge is 0.439 e. The van der Waals surface area contributed by atoms with Crippen LogP contribution in [0.1, 0.15) is 31.7 Å². The van der Waals surface area contributed by atoms with E-state index in [1.54, 1.807) is 0 Å². The van der Waals surface area contributed by atoms with Gasteiger partial charge in [0.2, 0.25) is 11.8 Å². The Bertz CT molecular complexity index is 781. The molecule has 1 aromatic heterocycles. The van der Waals surface area contributed by atoms with Crippen molar-refractivity contribution in [2.75, 3.05) is 31.1 Å². The Labute approximate surface area is 161 Å². The van der Waals surface area contributed by atoms with Crippen LogP contribution in [-0.2, 0) is 4.79 Å². The van der Waals surface area contributed by atoms with E-state index in [0.717, 1.165) is 37.7 Å². The van der Waals surface area contributed by atoms with Crippen LogP contribution >= 0.6 is 0 Å². The Hall–Kier alpha value is -2.63. The summed E-state index contributed by atoms with van der Waals surface area (Å²) in [6, 6.07) is 9.77. The quantitative estimate of drug-likeness (QED) is 0.807. The third-order valence-electron chi connectivity index (χ3n) is 4.58. The van der Waals surface area contributed by atoms with Crippen molar-refractivity contribution in [2.45, 2.75) is 34.1 Å². The smallest absolute Gasteiger partial charge is 0.224 e. The number of carbonyl (C=O) groups is 1. The monoisotopic (exact) mass is 368 g/mol. The van der Waals surface area contributed by atoms with Crippen LogP contribution in [0.15, 0.2) is 30.3 Å². The summed E-state index contributed by atoms with van der Waals surface area (Å²) in [6.45, 7) is 11.1. The highest BCUT2D eigenvalue weighted by atomic mass is 16.5. The summed E-state index contributed by atoms with van der Waals surface area (Å²) in [7, 11) is 0. The van der Waals surface area contributed by atoms with Crippen molar-refractivity contribution in [3.05, 3.63) is 41.7 Å². The van der Waals surface area contributed by atoms with Gasteiger partial charge in [0.25, 0.3) is 0 Å². The van der Waals surface area contributed by atoms with Gasteiger partial charge in [-0.05, 0) is 31.9 Å². The second kappa shape index (κ2) is 8.37. The lowest BCUT2D eigenvalue weighted by Gasteiger charge is -2.35. The van der Waals surface area contributed by atoms with Crippen molar-refractivity contribution in [1.29, 1.82) is 0 Å². The summed E-state index contributed by atoms with van der Waals surface area (Å²) in [5.74, 6) is 3.45. The molecule has 1 aliphatic rings. The number of aromatic nitrogens is 2. The number of benzene rings is 1. The summed E-state index contributed by atoms with van der Waals surface area (Å²) >= 11 is 0. The Morgan fingerprint density at radius 1 is 1.07 bits per heavy atom. The number of amides is 1. The fraction of sp³-hybridized carbons (Fsp3) is 0.476. The topological polar surface area (TPSA) is 58.6 Å². The lowest BCUT2D eigenvalue weighted by Crippen LogP contribution is -2.49. The molecular formula is C21H28N4O2. The SMILES string of the molecule is Cc1ccc(Oc2cc(N3CCN(C(=O)CC(C)C)CC3)nc(C)n2)cc1. The standard InChI is InChI=1S/C21H28N4O2/c1-15(2)13-21(26)25-11-9-24(10-12-25)19-14-20(23-17(4)22-19)27-18-7-5-16(3)6-8-18/h5-8,14-15H,9-13H2,1-4H3. The minimum absolute atomic E-state index is 0.243. The van der Waals surface area contributed by atoms with Crippen LogP contribution in [0.5, 0.6) is 11.6 Å². The van der Waals surface area contributed by atoms with Gasteiger partial charge < -0.3 is 14.5 Å². The molecule has 2 aromatic rings. The molecule has 27 heavy (non-hydrogen) atoms. The number of aryl methyl sites for hydroxylation is 2. The van der Waals surface area contributed by atoms with Crippen molar-refractivity contribution < 1.29 is 9.53 Å². The molecule has 0 unspecified atom stereocenters. The number of nitrogens with zero attached hydrogens (tertiary/aromatic N) is 4. The fourth-order valence-electron chi connectivity index (χ4n) is 3.13. The second-order valence-corrected chi connectivity index (χ2v) is 7.49. The number of ether oxygens (including phenoxy) is 1. The van der Waals surface area contributed by atoms with E-state index in [9.17, 15) is 4.79 Å². The zero-order valence-electron chi connectivity index (χ0n) is 16.6. The molecule has 144 valence electrons. The summed E-state index contributed by atoms with van der Waals surface area (Å²) in [6.07, 6.45) is 0.612. The minimum Gasteiger partial charge on any atom is -0.439 e. The van der Waals surface area contributed by atoms with Gasteiger partial charge in [-0.2, -0.15) is 4.98 Å². The van der Waals surface area contributed by atoms with Crippen molar-refractivity contribution in [3.8, 4) is 11.6 Å². The molecule has 0 spiro atoms. The van der Waals surface area contributed by atoms with E-state index in [1.165, 1.54) is 5.56 Å². The summed E-state index contributed by atoms with van der Waals surface area (Å²) in [5, 5.41) is 0. The molecule has 0 bridgehead atoms. The lowest BCUT2D eigenvalue weighted by atomic mass is 10.1. The molecule has 0 radical (unpaired) electrons. The number of hydrogen-bond acceptors (Lipinski definition) is 5. The van der Waals surface area contributed by atoms with Crippen molar-refractivity contribution >= 4 is 11.7 Å². The van der Waals surface area contributed by atoms with E-state index in [1.807, 2.05) is 49.1 Å². The van der Waals surface area contributed by atoms with Gasteiger partial charge in [-0.25, -0.2) is 4.98 Å². The average Bonchev–Trinajstić information content (AvgIpc) is 2.63. The van der Waals surface area contributed by atoms with Gasteiger partial charge in [-0.15, -0.1) is 0 Å². The predicted octanol–water partition coefficient (Wildman–Crippen LogP) is 3.58. The molecule has 1 fully saturated rings. The number of rotatable bonds is 5. The van der Waals surface area contributed by atoms with E-state index in [0.29, 0.717) is 24.0 Å².